The van der Waals surface area contributed by atoms with Crippen LogP contribution in [0.5, 0.6) is 0 Å². The fraction of sp³-hybridized carbons (Fsp3) is 0.357. The Morgan fingerprint density at radius 1 is 1.08 bits per heavy atom. The van der Waals surface area contributed by atoms with Gasteiger partial charge in [0.2, 0.25) is 0 Å². The van der Waals surface area contributed by atoms with Gasteiger partial charge in [-0.25, -0.2) is 8.91 Å². The predicted molar refractivity (Wildman–Crippen MR) is 142 cm³/mol. The average molecular weight is 530 g/mol. The van der Waals surface area contributed by atoms with Crippen molar-refractivity contribution in [2.45, 2.75) is 54.5 Å². The third-order valence-electron chi connectivity index (χ3n) is 7.42. The number of fused-ring (bicyclic) bond motifs is 1. The summed E-state index contributed by atoms with van der Waals surface area (Å²) in [6.07, 6.45) is 9.47. The Hall–Kier alpha value is -3.70. The second kappa shape index (κ2) is 11.0. The molecule has 0 unspecified atom stereocenters. The van der Waals surface area contributed by atoms with E-state index in [1.165, 1.54) is 30.1 Å². The number of aliphatic hydroxyl groups is 1. The van der Waals surface area contributed by atoms with E-state index in [4.69, 9.17) is 5.10 Å². The molecule has 3 heterocycles. The van der Waals surface area contributed by atoms with Gasteiger partial charge in [-0.15, -0.1) is 0 Å². The zero-order chi connectivity index (χ0) is 26.8. The summed E-state index contributed by atoms with van der Waals surface area (Å²) in [5, 5.41) is 37.6. The standard InChI is InChI=1S/C28H28FN7OS/c1-18-25(16-33-36(18)24-6-4-23(5-7-24)34(2)9-10-37)20-12-27(28-21(14-31)15-32-35(28)17-20)38-26-8-3-22(29)11-19(26)13-30/h3,8,11-12,15-17,23-24,37H,4-7,9-10H2,1-2H3. The van der Waals surface area contributed by atoms with Gasteiger partial charge in [0.15, 0.2) is 0 Å². The Bertz CT molecular complexity index is 1560. The zero-order valence-electron chi connectivity index (χ0n) is 21.3. The quantitative estimate of drug-likeness (QED) is 0.361. The normalized spacial score (nSPS) is 17.6. The van der Waals surface area contributed by atoms with Crippen LogP contribution in [0.15, 0.2) is 52.6 Å². The maximum Gasteiger partial charge on any atom is 0.124 e. The third-order valence-corrected chi connectivity index (χ3v) is 8.53. The van der Waals surface area contributed by atoms with Crippen LogP contribution in [0.4, 0.5) is 4.39 Å². The highest BCUT2D eigenvalue weighted by atomic mass is 32.2. The molecule has 0 aliphatic heterocycles. The van der Waals surface area contributed by atoms with E-state index in [1.807, 2.05) is 18.5 Å². The van der Waals surface area contributed by atoms with Crippen molar-refractivity contribution in [3.63, 3.8) is 0 Å². The number of benzene rings is 1. The van der Waals surface area contributed by atoms with Gasteiger partial charge in [0.05, 0.1) is 41.7 Å². The van der Waals surface area contributed by atoms with Gasteiger partial charge in [0, 0.05) is 45.4 Å². The Morgan fingerprint density at radius 2 is 1.84 bits per heavy atom. The topological polar surface area (TPSA) is 106 Å². The number of hydrogen-bond donors (Lipinski definition) is 1. The van der Waals surface area contributed by atoms with E-state index in [0.717, 1.165) is 47.4 Å². The Morgan fingerprint density at radius 3 is 2.55 bits per heavy atom. The van der Waals surface area contributed by atoms with Crippen LogP contribution in [0, 0.1) is 35.4 Å². The number of aromatic nitrogens is 4. The van der Waals surface area contributed by atoms with Crippen LogP contribution < -0.4 is 0 Å². The van der Waals surface area contributed by atoms with E-state index < -0.39 is 5.82 Å². The van der Waals surface area contributed by atoms with Crippen LogP contribution in [0.25, 0.3) is 16.6 Å². The lowest BCUT2D eigenvalue weighted by Crippen LogP contribution is -2.37. The molecule has 1 aliphatic rings. The van der Waals surface area contributed by atoms with Gasteiger partial charge in [0.1, 0.15) is 18.0 Å². The second-order valence-electron chi connectivity index (χ2n) is 9.67. The van der Waals surface area contributed by atoms with Crippen molar-refractivity contribution in [1.82, 2.24) is 24.3 Å². The van der Waals surface area contributed by atoms with Gasteiger partial charge in [-0.3, -0.25) is 4.68 Å². The first-order chi connectivity index (χ1) is 18.4. The Balaban J connectivity index is 1.48. The maximum absolute atomic E-state index is 13.7. The summed E-state index contributed by atoms with van der Waals surface area (Å²) in [7, 11) is 2.07. The molecule has 0 amide bonds. The van der Waals surface area contributed by atoms with Crippen LogP contribution in [-0.2, 0) is 0 Å². The van der Waals surface area contributed by atoms with Crippen LogP contribution in [0.3, 0.4) is 0 Å². The first-order valence-electron chi connectivity index (χ1n) is 12.6. The summed E-state index contributed by atoms with van der Waals surface area (Å²) in [5.41, 5.74) is 4.23. The SMILES string of the molecule is Cc1c(-c2cc(Sc3ccc(F)cc3C#N)c3c(C#N)cnn3c2)cnn1C1CCC(N(C)CCO)CC1. The highest BCUT2D eigenvalue weighted by molar-refractivity contribution is 7.99. The first-order valence-corrected chi connectivity index (χ1v) is 13.4. The lowest BCUT2D eigenvalue weighted by molar-refractivity contribution is 0.134. The number of halogens is 1. The number of likely N-dealkylation sites (N-methyl/N-ethyl adjacent to an activating group) is 1. The largest absolute Gasteiger partial charge is 0.395 e. The number of nitriles is 2. The number of aliphatic hydroxyl groups excluding tert-OH is 1. The van der Waals surface area contributed by atoms with Crippen molar-refractivity contribution in [2.24, 2.45) is 0 Å². The summed E-state index contributed by atoms with van der Waals surface area (Å²) in [5.74, 6) is -0.469. The summed E-state index contributed by atoms with van der Waals surface area (Å²) < 4.78 is 17.5. The van der Waals surface area contributed by atoms with Gasteiger partial charge in [-0.1, -0.05) is 11.8 Å². The number of hydrogen-bond acceptors (Lipinski definition) is 7. The molecule has 3 aromatic heterocycles. The molecular formula is C28H28FN7OS. The molecule has 0 saturated heterocycles. The molecule has 4 aromatic rings. The molecule has 1 saturated carbocycles. The van der Waals surface area contributed by atoms with Crippen LogP contribution in [0.2, 0.25) is 0 Å². The summed E-state index contributed by atoms with van der Waals surface area (Å²) in [6, 6.07) is 11.2. The first kappa shape index (κ1) is 25.9. The van der Waals surface area contributed by atoms with Crippen molar-refractivity contribution in [2.75, 3.05) is 20.2 Å². The number of nitrogens with zero attached hydrogens (tertiary/aromatic N) is 7. The molecule has 10 heteroatoms. The molecule has 0 bridgehead atoms. The van der Waals surface area contributed by atoms with Crippen molar-refractivity contribution < 1.29 is 9.50 Å². The van der Waals surface area contributed by atoms with E-state index in [1.54, 1.807) is 10.6 Å². The van der Waals surface area contributed by atoms with E-state index in [-0.39, 0.29) is 12.2 Å². The fourth-order valence-electron chi connectivity index (χ4n) is 5.35. The molecular weight excluding hydrogens is 501 g/mol. The summed E-state index contributed by atoms with van der Waals surface area (Å²) >= 11 is 1.32. The minimum atomic E-state index is -0.469. The second-order valence-corrected chi connectivity index (χ2v) is 10.7. The van der Waals surface area contributed by atoms with E-state index in [9.17, 15) is 20.0 Å². The van der Waals surface area contributed by atoms with Gasteiger partial charge < -0.3 is 10.0 Å². The van der Waals surface area contributed by atoms with Gasteiger partial charge in [-0.2, -0.15) is 20.7 Å². The number of rotatable bonds is 7. The van der Waals surface area contributed by atoms with Crippen LogP contribution >= 0.6 is 11.8 Å². The van der Waals surface area contributed by atoms with E-state index >= 15 is 0 Å². The molecule has 1 aliphatic carbocycles. The summed E-state index contributed by atoms with van der Waals surface area (Å²) in [6.45, 7) is 2.94. The fourth-order valence-corrected chi connectivity index (χ4v) is 6.42. The number of pyridine rings is 1. The average Bonchev–Trinajstić information content (AvgIpc) is 3.53. The van der Waals surface area contributed by atoms with Crippen LogP contribution in [0.1, 0.15) is 48.5 Å². The van der Waals surface area contributed by atoms with Crippen molar-refractivity contribution >= 4 is 17.3 Å². The van der Waals surface area contributed by atoms with E-state index in [2.05, 4.69) is 40.8 Å². The summed E-state index contributed by atoms with van der Waals surface area (Å²) in [4.78, 5) is 3.59. The molecule has 5 rings (SSSR count). The van der Waals surface area contributed by atoms with Gasteiger partial charge in [0.25, 0.3) is 0 Å². The molecule has 8 nitrogen and oxygen atoms in total. The minimum absolute atomic E-state index is 0.174. The van der Waals surface area contributed by atoms with Crippen molar-refractivity contribution in [1.29, 1.82) is 10.5 Å². The predicted octanol–water partition coefficient (Wildman–Crippen LogP) is 4.95. The highest BCUT2D eigenvalue weighted by Crippen LogP contribution is 2.39. The molecule has 1 fully saturated rings. The van der Waals surface area contributed by atoms with Crippen molar-refractivity contribution in [3.05, 3.63) is 65.5 Å². The molecule has 0 spiro atoms. The lowest BCUT2D eigenvalue weighted by atomic mass is 9.90. The third kappa shape index (κ3) is 4.91. The van der Waals surface area contributed by atoms with Gasteiger partial charge in [-0.05, 0) is 63.9 Å². The monoisotopic (exact) mass is 529 g/mol. The molecule has 1 N–H and O–H groups in total. The maximum atomic E-state index is 13.7. The zero-order valence-corrected chi connectivity index (χ0v) is 22.1. The Kier molecular flexibility index (Phi) is 7.48. The molecule has 0 radical (unpaired) electrons. The van der Waals surface area contributed by atoms with Gasteiger partial charge >= 0.3 is 0 Å². The smallest absolute Gasteiger partial charge is 0.124 e. The van der Waals surface area contributed by atoms with Crippen molar-refractivity contribution in [3.8, 4) is 23.3 Å². The molecule has 1 aromatic carbocycles. The minimum Gasteiger partial charge on any atom is -0.395 e. The highest BCUT2D eigenvalue weighted by Gasteiger charge is 2.27. The van der Waals surface area contributed by atoms with Crippen LogP contribution in [-0.4, -0.2) is 55.6 Å². The molecule has 38 heavy (non-hydrogen) atoms. The molecule has 0 atom stereocenters. The molecule has 194 valence electrons. The Labute approximate surface area is 224 Å². The van der Waals surface area contributed by atoms with E-state index in [0.29, 0.717) is 34.6 Å². The lowest BCUT2D eigenvalue weighted by Gasteiger charge is -2.34.